The largest absolute Gasteiger partial charge is 0.507 e. The number of carbonyl (C=O) groups is 1. The number of phenolic OH excluding ortho intramolecular Hbond substituents is 1. The molecule has 0 aliphatic carbocycles. The SMILES string of the molecule is O=C(CCCl)Nc1cccc2cccc(O)c12. The molecule has 1 amide bonds. The second-order valence-corrected chi connectivity index (χ2v) is 4.05. The molecule has 0 fully saturated rings. The van der Waals surface area contributed by atoms with Gasteiger partial charge in [0.05, 0.1) is 5.69 Å². The van der Waals surface area contributed by atoms with Crippen LogP contribution in [0.2, 0.25) is 0 Å². The van der Waals surface area contributed by atoms with Gasteiger partial charge in [0.1, 0.15) is 5.75 Å². The number of hydrogen-bond donors (Lipinski definition) is 2. The zero-order valence-electron chi connectivity index (χ0n) is 9.11. The number of fused-ring (bicyclic) bond motifs is 1. The molecule has 0 saturated carbocycles. The lowest BCUT2D eigenvalue weighted by Crippen LogP contribution is -2.11. The molecule has 2 aromatic rings. The predicted molar refractivity (Wildman–Crippen MR) is 69.6 cm³/mol. The molecule has 0 heterocycles. The highest BCUT2D eigenvalue weighted by Crippen LogP contribution is 2.31. The van der Waals surface area contributed by atoms with Gasteiger partial charge in [0.15, 0.2) is 0 Å². The fourth-order valence-electron chi connectivity index (χ4n) is 1.72. The highest BCUT2D eigenvalue weighted by atomic mass is 35.5. The van der Waals surface area contributed by atoms with E-state index in [2.05, 4.69) is 5.32 Å². The topological polar surface area (TPSA) is 49.3 Å². The van der Waals surface area contributed by atoms with Crippen LogP contribution in [-0.2, 0) is 4.79 Å². The molecule has 0 atom stereocenters. The molecule has 0 aliphatic heterocycles. The number of benzene rings is 2. The second kappa shape index (κ2) is 5.06. The van der Waals surface area contributed by atoms with Crippen molar-refractivity contribution in [2.75, 3.05) is 11.2 Å². The van der Waals surface area contributed by atoms with Gasteiger partial charge >= 0.3 is 0 Å². The average Bonchev–Trinajstić information content (AvgIpc) is 2.29. The molecule has 2 aromatic carbocycles. The Hall–Kier alpha value is -1.74. The average molecular weight is 250 g/mol. The molecule has 2 N–H and O–H groups in total. The van der Waals surface area contributed by atoms with E-state index >= 15 is 0 Å². The van der Waals surface area contributed by atoms with Crippen molar-refractivity contribution >= 4 is 34.0 Å². The minimum absolute atomic E-state index is 0.157. The lowest BCUT2D eigenvalue weighted by atomic mass is 10.1. The summed E-state index contributed by atoms with van der Waals surface area (Å²) >= 11 is 5.50. The van der Waals surface area contributed by atoms with Crippen molar-refractivity contribution in [1.82, 2.24) is 0 Å². The first kappa shape index (κ1) is 11.7. The van der Waals surface area contributed by atoms with Gasteiger partial charge in [0, 0.05) is 17.7 Å². The quantitative estimate of drug-likeness (QED) is 0.822. The van der Waals surface area contributed by atoms with Gasteiger partial charge in [0.2, 0.25) is 5.91 Å². The zero-order chi connectivity index (χ0) is 12.3. The van der Waals surface area contributed by atoms with Crippen LogP contribution >= 0.6 is 11.6 Å². The summed E-state index contributed by atoms with van der Waals surface area (Å²) in [5.41, 5.74) is 0.607. The Bertz CT molecular complexity index is 549. The Kier molecular flexibility index (Phi) is 3.49. The molecule has 0 saturated heterocycles. The van der Waals surface area contributed by atoms with Crippen LogP contribution in [0.1, 0.15) is 6.42 Å². The molecule has 0 aromatic heterocycles. The van der Waals surface area contributed by atoms with Crippen molar-refractivity contribution in [2.24, 2.45) is 0 Å². The summed E-state index contributed by atoms with van der Waals surface area (Å²) in [6.45, 7) is 0. The van der Waals surface area contributed by atoms with Crippen molar-refractivity contribution in [2.45, 2.75) is 6.42 Å². The molecule has 0 unspecified atom stereocenters. The third-order valence-electron chi connectivity index (χ3n) is 2.48. The molecule has 0 aliphatic rings. The summed E-state index contributed by atoms with van der Waals surface area (Å²) in [5, 5.41) is 14.1. The first-order valence-corrected chi connectivity index (χ1v) is 5.82. The van der Waals surface area contributed by atoms with E-state index in [-0.39, 0.29) is 24.0 Å². The normalized spacial score (nSPS) is 10.4. The van der Waals surface area contributed by atoms with Crippen LogP contribution in [0.15, 0.2) is 36.4 Å². The van der Waals surface area contributed by atoms with Crippen molar-refractivity contribution in [3.63, 3.8) is 0 Å². The highest BCUT2D eigenvalue weighted by molar-refractivity contribution is 6.19. The number of phenols is 1. The van der Waals surface area contributed by atoms with E-state index in [9.17, 15) is 9.90 Å². The van der Waals surface area contributed by atoms with E-state index < -0.39 is 0 Å². The number of halogens is 1. The first-order chi connectivity index (χ1) is 8.22. The molecular formula is C13H12ClNO2. The molecule has 2 rings (SSSR count). The van der Waals surface area contributed by atoms with Crippen LogP contribution in [-0.4, -0.2) is 16.9 Å². The fraction of sp³-hybridized carbons (Fsp3) is 0.154. The van der Waals surface area contributed by atoms with Crippen molar-refractivity contribution < 1.29 is 9.90 Å². The number of carbonyl (C=O) groups excluding carboxylic acids is 1. The minimum Gasteiger partial charge on any atom is -0.507 e. The van der Waals surface area contributed by atoms with Crippen LogP contribution in [0.25, 0.3) is 10.8 Å². The monoisotopic (exact) mass is 249 g/mol. The Labute approximate surface area is 104 Å². The van der Waals surface area contributed by atoms with Crippen LogP contribution in [0, 0.1) is 0 Å². The van der Waals surface area contributed by atoms with E-state index in [0.717, 1.165) is 5.39 Å². The van der Waals surface area contributed by atoms with Gasteiger partial charge in [-0.1, -0.05) is 24.3 Å². The highest BCUT2D eigenvalue weighted by Gasteiger charge is 2.08. The third kappa shape index (κ3) is 2.50. The Morgan fingerprint density at radius 3 is 2.65 bits per heavy atom. The predicted octanol–water partition coefficient (Wildman–Crippen LogP) is 3.11. The molecule has 3 nitrogen and oxygen atoms in total. The van der Waals surface area contributed by atoms with Gasteiger partial charge in [-0.15, -0.1) is 11.6 Å². The maximum atomic E-state index is 11.5. The molecule has 4 heteroatoms. The van der Waals surface area contributed by atoms with Crippen LogP contribution in [0.4, 0.5) is 5.69 Å². The standard InChI is InChI=1S/C13H12ClNO2/c14-8-7-12(17)15-10-5-1-3-9-4-2-6-11(16)13(9)10/h1-6,16H,7-8H2,(H,15,17). The minimum atomic E-state index is -0.157. The van der Waals surface area contributed by atoms with Gasteiger partial charge in [-0.3, -0.25) is 4.79 Å². The second-order valence-electron chi connectivity index (χ2n) is 3.67. The number of hydrogen-bond acceptors (Lipinski definition) is 2. The summed E-state index contributed by atoms with van der Waals surface area (Å²) in [5.74, 6) is 0.280. The Balaban J connectivity index is 2.43. The lowest BCUT2D eigenvalue weighted by molar-refractivity contribution is -0.115. The van der Waals surface area contributed by atoms with E-state index in [4.69, 9.17) is 11.6 Å². The molecular weight excluding hydrogens is 238 g/mol. The lowest BCUT2D eigenvalue weighted by Gasteiger charge is -2.09. The van der Waals surface area contributed by atoms with Crippen LogP contribution in [0.5, 0.6) is 5.75 Å². The van der Waals surface area contributed by atoms with Gasteiger partial charge in [-0.05, 0) is 17.5 Å². The van der Waals surface area contributed by atoms with Crippen molar-refractivity contribution in [3.05, 3.63) is 36.4 Å². The zero-order valence-corrected chi connectivity index (χ0v) is 9.87. The van der Waals surface area contributed by atoms with Gasteiger partial charge in [-0.25, -0.2) is 0 Å². The van der Waals surface area contributed by atoms with E-state index in [1.54, 1.807) is 18.2 Å². The van der Waals surface area contributed by atoms with Crippen molar-refractivity contribution in [3.8, 4) is 5.75 Å². The third-order valence-corrected chi connectivity index (χ3v) is 2.67. The summed E-state index contributed by atoms with van der Waals surface area (Å²) in [6, 6.07) is 10.7. The van der Waals surface area contributed by atoms with E-state index in [1.807, 2.05) is 18.2 Å². The number of amides is 1. The van der Waals surface area contributed by atoms with E-state index in [1.165, 1.54) is 0 Å². The van der Waals surface area contributed by atoms with Gasteiger partial charge < -0.3 is 10.4 Å². The number of anilines is 1. The van der Waals surface area contributed by atoms with Gasteiger partial charge in [-0.2, -0.15) is 0 Å². The Morgan fingerprint density at radius 2 is 1.94 bits per heavy atom. The summed E-state index contributed by atoms with van der Waals surface area (Å²) < 4.78 is 0. The maximum Gasteiger partial charge on any atom is 0.225 e. The summed E-state index contributed by atoms with van der Waals surface area (Å²) in [6.07, 6.45) is 0.255. The smallest absolute Gasteiger partial charge is 0.225 e. The summed E-state index contributed by atoms with van der Waals surface area (Å²) in [7, 11) is 0. The molecule has 17 heavy (non-hydrogen) atoms. The van der Waals surface area contributed by atoms with Crippen LogP contribution < -0.4 is 5.32 Å². The molecule has 0 spiro atoms. The fourth-order valence-corrected chi connectivity index (χ4v) is 1.90. The van der Waals surface area contributed by atoms with Crippen LogP contribution in [0.3, 0.4) is 0 Å². The van der Waals surface area contributed by atoms with Crippen molar-refractivity contribution in [1.29, 1.82) is 0 Å². The Morgan fingerprint density at radius 1 is 1.24 bits per heavy atom. The number of aromatic hydroxyl groups is 1. The molecule has 0 radical (unpaired) electrons. The number of alkyl halides is 1. The maximum absolute atomic E-state index is 11.5. The number of rotatable bonds is 3. The molecule has 88 valence electrons. The number of nitrogens with one attached hydrogen (secondary N) is 1. The first-order valence-electron chi connectivity index (χ1n) is 5.29. The molecule has 0 bridgehead atoms. The van der Waals surface area contributed by atoms with Gasteiger partial charge in [0.25, 0.3) is 0 Å². The summed E-state index contributed by atoms with van der Waals surface area (Å²) in [4.78, 5) is 11.5. The van der Waals surface area contributed by atoms with E-state index in [0.29, 0.717) is 11.1 Å².